The first kappa shape index (κ1) is 13.7. The molecule has 1 aliphatic rings. The molecule has 1 saturated carbocycles. The minimum absolute atomic E-state index is 0.113. The SMILES string of the molecule is Cc1ccc(-c2nnc(S(N)(=O)=O)n2C2CC2)c(Br)c1. The highest BCUT2D eigenvalue weighted by molar-refractivity contribution is 9.10. The number of halogens is 1. The van der Waals surface area contributed by atoms with E-state index < -0.39 is 10.0 Å². The lowest BCUT2D eigenvalue weighted by molar-refractivity contribution is 0.567. The van der Waals surface area contributed by atoms with Gasteiger partial charge in [-0.2, -0.15) is 0 Å². The van der Waals surface area contributed by atoms with Crippen molar-refractivity contribution in [1.82, 2.24) is 14.8 Å². The van der Waals surface area contributed by atoms with Gasteiger partial charge in [0.1, 0.15) is 0 Å². The lowest BCUT2D eigenvalue weighted by Crippen LogP contribution is -2.18. The number of nitrogens with two attached hydrogens (primary N) is 1. The summed E-state index contributed by atoms with van der Waals surface area (Å²) in [6.07, 6.45) is 1.83. The van der Waals surface area contributed by atoms with Gasteiger partial charge in [-0.05, 0) is 37.5 Å². The molecule has 0 radical (unpaired) electrons. The summed E-state index contributed by atoms with van der Waals surface area (Å²) in [6, 6.07) is 5.91. The summed E-state index contributed by atoms with van der Waals surface area (Å²) in [5, 5.41) is 12.8. The van der Waals surface area contributed by atoms with E-state index in [0.29, 0.717) is 5.82 Å². The van der Waals surface area contributed by atoms with Crippen LogP contribution >= 0.6 is 15.9 Å². The normalized spacial score (nSPS) is 15.6. The van der Waals surface area contributed by atoms with Crippen molar-refractivity contribution in [1.29, 1.82) is 0 Å². The molecule has 1 heterocycles. The van der Waals surface area contributed by atoms with Gasteiger partial charge < -0.3 is 0 Å². The number of sulfonamides is 1. The molecular formula is C12H13BrN4O2S. The van der Waals surface area contributed by atoms with E-state index in [0.717, 1.165) is 28.4 Å². The van der Waals surface area contributed by atoms with Crippen LogP contribution in [0.3, 0.4) is 0 Å². The lowest BCUT2D eigenvalue weighted by atomic mass is 10.1. The van der Waals surface area contributed by atoms with Gasteiger partial charge >= 0.3 is 0 Å². The van der Waals surface area contributed by atoms with Crippen LogP contribution in [0.2, 0.25) is 0 Å². The molecule has 0 saturated heterocycles. The van der Waals surface area contributed by atoms with E-state index in [9.17, 15) is 8.42 Å². The number of hydrogen-bond donors (Lipinski definition) is 1. The summed E-state index contributed by atoms with van der Waals surface area (Å²) in [7, 11) is -3.87. The second-order valence-corrected chi connectivity index (χ2v) is 7.25. The molecule has 3 rings (SSSR count). The Morgan fingerprint density at radius 1 is 1.35 bits per heavy atom. The molecular weight excluding hydrogens is 344 g/mol. The van der Waals surface area contributed by atoms with Crippen molar-refractivity contribution in [2.75, 3.05) is 0 Å². The van der Waals surface area contributed by atoms with Gasteiger partial charge in [-0.25, -0.2) is 13.6 Å². The quantitative estimate of drug-likeness (QED) is 0.910. The highest BCUT2D eigenvalue weighted by atomic mass is 79.9. The Hall–Kier alpha value is -1.25. The minimum Gasteiger partial charge on any atom is -0.294 e. The van der Waals surface area contributed by atoms with Crippen LogP contribution < -0.4 is 5.14 Å². The number of nitrogens with zero attached hydrogens (tertiary/aromatic N) is 3. The zero-order valence-electron chi connectivity index (χ0n) is 10.7. The molecule has 6 nitrogen and oxygen atoms in total. The van der Waals surface area contributed by atoms with Gasteiger partial charge in [0, 0.05) is 16.1 Å². The third-order valence-corrected chi connectivity index (χ3v) is 4.64. The number of primary sulfonamides is 1. The molecule has 0 unspecified atom stereocenters. The van der Waals surface area contributed by atoms with E-state index in [2.05, 4.69) is 26.1 Å². The van der Waals surface area contributed by atoms with Gasteiger partial charge in [-0.3, -0.25) is 4.57 Å². The molecule has 1 fully saturated rings. The standard InChI is InChI=1S/C12H13BrN4O2S/c1-7-2-5-9(10(13)6-7)11-15-16-12(20(14,18)19)17(11)8-3-4-8/h2,5-6,8H,3-4H2,1H3,(H2,14,18,19). The minimum atomic E-state index is -3.87. The average Bonchev–Trinajstić information content (AvgIpc) is 3.07. The zero-order chi connectivity index (χ0) is 14.5. The Balaban J connectivity index is 2.22. The fraction of sp³-hybridized carbons (Fsp3) is 0.333. The first-order valence-corrected chi connectivity index (χ1v) is 8.46. The predicted molar refractivity (Wildman–Crippen MR) is 77.5 cm³/mol. The van der Waals surface area contributed by atoms with Gasteiger partial charge in [-0.1, -0.05) is 22.0 Å². The van der Waals surface area contributed by atoms with Crippen LogP contribution in [0.1, 0.15) is 24.4 Å². The third kappa shape index (κ3) is 2.38. The average molecular weight is 357 g/mol. The summed E-state index contributed by atoms with van der Waals surface area (Å²) < 4.78 is 25.7. The molecule has 106 valence electrons. The lowest BCUT2D eigenvalue weighted by Gasteiger charge is -2.09. The Morgan fingerprint density at radius 3 is 2.60 bits per heavy atom. The maximum absolute atomic E-state index is 11.6. The zero-order valence-corrected chi connectivity index (χ0v) is 13.1. The Morgan fingerprint density at radius 2 is 2.05 bits per heavy atom. The third-order valence-electron chi connectivity index (χ3n) is 3.20. The van der Waals surface area contributed by atoms with Gasteiger partial charge in [0.05, 0.1) is 0 Å². The van der Waals surface area contributed by atoms with Crippen molar-refractivity contribution >= 4 is 26.0 Å². The largest absolute Gasteiger partial charge is 0.294 e. The van der Waals surface area contributed by atoms with Crippen LogP contribution in [0.25, 0.3) is 11.4 Å². The van der Waals surface area contributed by atoms with Gasteiger partial charge in [-0.15, -0.1) is 10.2 Å². The van der Waals surface area contributed by atoms with E-state index in [-0.39, 0.29) is 11.2 Å². The van der Waals surface area contributed by atoms with Gasteiger partial charge in [0.15, 0.2) is 5.82 Å². The van der Waals surface area contributed by atoms with Gasteiger partial charge in [0.25, 0.3) is 15.2 Å². The first-order valence-electron chi connectivity index (χ1n) is 6.12. The van der Waals surface area contributed by atoms with Crippen LogP contribution in [0.5, 0.6) is 0 Å². The number of rotatable bonds is 3. The van der Waals surface area contributed by atoms with Crippen LogP contribution in [-0.2, 0) is 10.0 Å². The molecule has 0 atom stereocenters. The molecule has 1 aliphatic carbocycles. The fourth-order valence-corrected chi connectivity index (χ4v) is 3.45. The molecule has 2 N–H and O–H groups in total. The van der Waals surface area contributed by atoms with E-state index in [1.807, 2.05) is 25.1 Å². The molecule has 0 bridgehead atoms. The Kier molecular flexibility index (Phi) is 3.19. The Labute approximate surface area is 125 Å². The van der Waals surface area contributed by atoms with Crippen LogP contribution in [0, 0.1) is 6.92 Å². The summed E-state index contributed by atoms with van der Waals surface area (Å²) in [4.78, 5) is 0. The molecule has 0 spiro atoms. The molecule has 0 amide bonds. The van der Waals surface area contributed by atoms with Crippen molar-refractivity contribution in [3.63, 3.8) is 0 Å². The fourth-order valence-electron chi connectivity index (χ4n) is 2.12. The number of hydrogen-bond acceptors (Lipinski definition) is 4. The molecule has 0 aliphatic heterocycles. The van der Waals surface area contributed by atoms with Crippen LogP contribution in [0.15, 0.2) is 27.8 Å². The van der Waals surface area contributed by atoms with E-state index in [4.69, 9.17) is 5.14 Å². The van der Waals surface area contributed by atoms with E-state index in [1.165, 1.54) is 0 Å². The molecule has 8 heteroatoms. The second-order valence-electron chi connectivity index (χ2n) is 4.94. The predicted octanol–water partition coefficient (Wildman–Crippen LogP) is 2.00. The van der Waals surface area contributed by atoms with Crippen molar-refractivity contribution < 1.29 is 8.42 Å². The summed E-state index contributed by atoms with van der Waals surface area (Å²) in [5.41, 5.74) is 1.91. The maximum atomic E-state index is 11.6. The Bertz CT molecular complexity index is 781. The van der Waals surface area contributed by atoms with Crippen molar-refractivity contribution in [2.24, 2.45) is 5.14 Å². The molecule has 1 aromatic carbocycles. The van der Waals surface area contributed by atoms with Crippen molar-refractivity contribution in [3.05, 3.63) is 28.2 Å². The summed E-state index contributed by atoms with van der Waals surface area (Å²) in [5.74, 6) is 0.531. The summed E-state index contributed by atoms with van der Waals surface area (Å²) >= 11 is 3.49. The topological polar surface area (TPSA) is 90.9 Å². The van der Waals surface area contributed by atoms with Gasteiger partial charge in [0.2, 0.25) is 0 Å². The number of aryl methyl sites for hydroxylation is 1. The first-order chi connectivity index (χ1) is 9.38. The second kappa shape index (κ2) is 4.64. The maximum Gasteiger partial charge on any atom is 0.273 e. The monoisotopic (exact) mass is 356 g/mol. The molecule has 1 aromatic heterocycles. The smallest absolute Gasteiger partial charge is 0.273 e. The molecule has 2 aromatic rings. The van der Waals surface area contributed by atoms with Crippen LogP contribution in [0.4, 0.5) is 0 Å². The highest BCUT2D eigenvalue weighted by Gasteiger charge is 2.33. The number of aromatic nitrogens is 3. The number of benzene rings is 1. The van der Waals surface area contributed by atoms with E-state index in [1.54, 1.807) is 4.57 Å². The van der Waals surface area contributed by atoms with E-state index >= 15 is 0 Å². The highest BCUT2D eigenvalue weighted by Crippen LogP contribution is 2.41. The van der Waals surface area contributed by atoms with Crippen LogP contribution in [-0.4, -0.2) is 23.2 Å². The van der Waals surface area contributed by atoms with Crippen molar-refractivity contribution in [2.45, 2.75) is 31.0 Å². The van der Waals surface area contributed by atoms with Crippen molar-refractivity contribution in [3.8, 4) is 11.4 Å². The summed E-state index contributed by atoms with van der Waals surface area (Å²) in [6.45, 7) is 1.98. The molecule has 20 heavy (non-hydrogen) atoms.